The number of aliphatic imine (C=N–C) groups is 1. The first-order valence-corrected chi connectivity index (χ1v) is 4.81. The van der Waals surface area contributed by atoms with E-state index in [2.05, 4.69) is 4.99 Å². The summed E-state index contributed by atoms with van der Waals surface area (Å²) < 4.78 is 0. The fraction of sp³-hybridized carbons (Fsp3) is 0.727. The van der Waals surface area contributed by atoms with Gasteiger partial charge in [0.2, 0.25) is 0 Å². The third-order valence-electron chi connectivity index (χ3n) is 1.38. The fourth-order valence-electron chi connectivity index (χ4n) is 1.12. The van der Waals surface area contributed by atoms with Gasteiger partial charge < -0.3 is 5.11 Å². The summed E-state index contributed by atoms with van der Waals surface area (Å²) in [6.07, 6.45) is 2.36. The molecule has 0 amide bonds. The van der Waals surface area contributed by atoms with E-state index in [0.29, 0.717) is 12.5 Å². The van der Waals surface area contributed by atoms with Crippen LogP contribution in [-0.4, -0.2) is 23.0 Å². The molecule has 0 aromatic carbocycles. The molecule has 2 nitrogen and oxygen atoms in total. The maximum absolute atomic E-state index is 9.24. The summed E-state index contributed by atoms with van der Waals surface area (Å²) in [6, 6.07) is 0.296. The van der Waals surface area contributed by atoms with Crippen molar-refractivity contribution in [2.24, 2.45) is 4.99 Å². The Morgan fingerprint density at radius 1 is 1.31 bits per heavy atom. The average Bonchev–Trinajstić information content (AvgIpc) is 1.80. The Morgan fingerprint density at radius 2 is 1.85 bits per heavy atom. The third-order valence-corrected chi connectivity index (χ3v) is 1.38. The lowest BCUT2D eigenvalue weighted by molar-refractivity contribution is 0.203. The minimum absolute atomic E-state index is 0.296. The van der Waals surface area contributed by atoms with Crippen LogP contribution in [0.1, 0.15) is 41.0 Å². The normalized spacial score (nSPS) is 14.5. The molecule has 0 aliphatic rings. The Labute approximate surface area is 81.4 Å². The zero-order valence-corrected chi connectivity index (χ0v) is 9.33. The molecule has 0 saturated carbocycles. The van der Waals surface area contributed by atoms with Gasteiger partial charge >= 0.3 is 0 Å². The number of rotatable bonds is 4. The molecule has 0 aliphatic heterocycles. The van der Waals surface area contributed by atoms with Crippen LogP contribution in [0.4, 0.5) is 0 Å². The molecule has 0 saturated heterocycles. The maximum Gasteiger partial charge on any atom is 0.0567 e. The highest BCUT2D eigenvalue weighted by atomic mass is 16.3. The van der Waals surface area contributed by atoms with Gasteiger partial charge in [-0.25, -0.2) is 0 Å². The summed E-state index contributed by atoms with van der Waals surface area (Å²) >= 11 is 0. The van der Waals surface area contributed by atoms with E-state index < -0.39 is 0 Å². The SMILES string of the molecule is CC(C)=CC(CC(C)O)=NC(C)C. The fourth-order valence-corrected chi connectivity index (χ4v) is 1.12. The van der Waals surface area contributed by atoms with Crippen molar-refractivity contribution in [1.82, 2.24) is 0 Å². The number of aliphatic hydroxyl groups excluding tert-OH is 1. The summed E-state index contributed by atoms with van der Waals surface area (Å²) in [5, 5.41) is 9.24. The Kier molecular flexibility index (Phi) is 5.63. The molecule has 1 unspecified atom stereocenters. The van der Waals surface area contributed by atoms with Gasteiger partial charge in [0, 0.05) is 18.2 Å². The number of hydrogen-bond acceptors (Lipinski definition) is 2. The number of allylic oxidation sites excluding steroid dienone is 2. The second-order valence-corrected chi connectivity index (χ2v) is 3.99. The van der Waals surface area contributed by atoms with Crippen LogP contribution < -0.4 is 0 Å². The van der Waals surface area contributed by atoms with Crippen molar-refractivity contribution in [3.63, 3.8) is 0 Å². The summed E-state index contributed by atoms with van der Waals surface area (Å²) in [5.74, 6) is 0. The van der Waals surface area contributed by atoms with Crippen LogP contribution in [-0.2, 0) is 0 Å². The van der Waals surface area contributed by atoms with Gasteiger partial charge in [-0.3, -0.25) is 4.99 Å². The van der Waals surface area contributed by atoms with E-state index in [1.807, 2.05) is 33.8 Å². The van der Waals surface area contributed by atoms with Gasteiger partial charge in [-0.15, -0.1) is 0 Å². The summed E-state index contributed by atoms with van der Waals surface area (Å²) in [5.41, 5.74) is 2.21. The molecular formula is C11H21NO. The summed E-state index contributed by atoms with van der Waals surface area (Å²) in [4.78, 5) is 4.44. The van der Waals surface area contributed by atoms with Crippen molar-refractivity contribution in [3.05, 3.63) is 11.6 Å². The number of nitrogens with zero attached hydrogens (tertiary/aromatic N) is 1. The van der Waals surface area contributed by atoms with Crippen LogP contribution in [0.2, 0.25) is 0 Å². The van der Waals surface area contributed by atoms with Crippen molar-refractivity contribution in [3.8, 4) is 0 Å². The lowest BCUT2D eigenvalue weighted by Gasteiger charge is -2.07. The van der Waals surface area contributed by atoms with E-state index in [9.17, 15) is 5.11 Å². The van der Waals surface area contributed by atoms with E-state index in [1.54, 1.807) is 6.92 Å². The number of aliphatic hydroxyl groups is 1. The zero-order valence-electron chi connectivity index (χ0n) is 9.33. The van der Waals surface area contributed by atoms with E-state index in [-0.39, 0.29) is 6.10 Å². The maximum atomic E-state index is 9.24. The van der Waals surface area contributed by atoms with Gasteiger partial charge in [0.05, 0.1) is 6.10 Å². The topological polar surface area (TPSA) is 32.6 Å². The van der Waals surface area contributed by atoms with Crippen LogP contribution >= 0.6 is 0 Å². The van der Waals surface area contributed by atoms with Crippen molar-refractivity contribution < 1.29 is 5.11 Å². The Balaban J connectivity index is 4.46. The molecule has 2 heteroatoms. The molecule has 0 radical (unpaired) electrons. The molecule has 0 rings (SSSR count). The van der Waals surface area contributed by atoms with Gasteiger partial charge in [0.25, 0.3) is 0 Å². The smallest absolute Gasteiger partial charge is 0.0567 e. The molecule has 0 spiro atoms. The van der Waals surface area contributed by atoms with Gasteiger partial charge in [-0.1, -0.05) is 5.57 Å². The molecule has 0 aliphatic carbocycles. The summed E-state index contributed by atoms with van der Waals surface area (Å²) in [7, 11) is 0. The molecule has 13 heavy (non-hydrogen) atoms. The standard InChI is InChI=1S/C11H21NO/c1-8(2)6-11(7-10(5)13)12-9(3)4/h6,9-10,13H,7H2,1-5H3. The highest BCUT2D eigenvalue weighted by molar-refractivity contribution is 5.95. The van der Waals surface area contributed by atoms with Crippen molar-refractivity contribution in [1.29, 1.82) is 0 Å². The van der Waals surface area contributed by atoms with Gasteiger partial charge in [-0.2, -0.15) is 0 Å². The minimum Gasteiger partial charge on any atom is -0.393 e. The lowest BCUT2D eigenvalue weighted by Crippen LogP contribution is -2.09. The number of hydrogen-bond donors (Lipinski definition) is 1. The predicted octanol–water partition coefficient (Wildman–Crippen LogP) is 2.57. The van der Waals surface area contributed by atoms with Gasteiger partial charge in [-0.05, 0) is 40.7 Å². The van der Waals surface area contributed by atoms with Crippen LogP contribution in [0.15, 0.2) is 16.6 Å². The lowest BCUT2D eigenvalue weighted by atomic mass is 10.1. The quantitative estimate of drug-likeness (QED) is 0.667. The van der Waals surface area contributed by atoms with Crippen LogP contribution in [0, 0.1) is 0 Å². The van der Waals surface area contributed by atoms with E-state index in [0.717, 1.165) is 5.71 Å². The van der Waals surface area contributed by atoms with E-state index >= 15 is 0 Å². The van der Waals surface area contributed by atoms with Crippen molar-refractivity contribution in [2.45, 2.75) is 53.2 Å². The molecular weight excluding hydrogens is 162 g/mol. The second kappa shape index (κ2) is 5.92. The first-order chi connectivity index (χ1) is 5.91. The molecule has 0 aromatic rings. The third kappa shape index (κ3) is 7.72. The van der Waals surface area contributed by atoms with E-state index in [1.165, 1.54) is 5.57 Å². The molecule has 0 aromatic heterocycles. The monoisotopic (exact) mass is 183 g/mol. The minimum atomic E-state index is -0.312. The molecule has 0 heterocycles. The molecule has 0 bridgehead atoms. The van der Waals surface area contributed by atoms with Gasteiger partial charge in [0.15, 0.2) is 0 Å². The zero-order chi connectivity index (χ0) is 10.4. The Bertz CT molecular complexity index is 198. The highest BCUT2D eigenvalue weighted by Gasteiger charge is 2.02. The molecule has 1 N–H and O–H groups in total. The van der Waals surface area contributed by atoms with Crippen LogP contribution in [0.3, 0.4) is 0 Å². The largest absolute Gasteiger partial charge is 0.393 e. The van der Waals surface area contributed by atoms with Gasteiger partial charge in [0.1, 0.15) is 0 Å². The van der Waals surface area contributed by atoms with Crippen LogP contribution in [0.25, 0.3) is 0 Å². The summed E-state index contributed by atoms with van der Waals surface area (Å²) in [6.45, 7) is 9.95. The first kappa shape index (κ1) is 12.4. The Morgan fingerprint density at radius 3 is 2.15 bits per heavy atom. The van der Waals surface area contributed by atoms with Crippen molar-refractivity contribution >= 4 is 5.71 Å². The second-order valence-electron chi connectivity index (χ2n) is 3.99. The van der Waals surface area contributed by atoms with E-state index in [4.69, 9.17) is 0 Å². The molecule has 1 atom stereocenters. The molecule has 0 fully saturated rings. The van der Waals surface area contributed by atoms with Crippen molar-refractivity contribution in [2.75, 3.05) is 0 Å². The highest BCUT2D eigenvalue weighted by Crippen LogP contribution is 2.02. The molecule has 76 valence electrons. The Hall–Kier alpha value is -0.630. The average molecular weight is 183 g/mol. The van der Waals surface area contributed by atoms with Crippen LogP contribution in [0.5, 0.6) is 0 Å². The predicted molar refractivity (Wildman–Crippen MR) is 58.3 cm³/mol. The first-order valence-electron chi connectivity index (χ1n) is 4.81.